The molecule has 0 aliphatic rings. The molecule has 0 N–H and O–H groups in total. The first kappa shape index (κ1) is 21.6. The van der Waals surface area contributed by atoms with Gasteiger partial charge >= 0.3 is 27.0 Å². The van der Waals surface area contributed by atoms with E-state index in [0.717, 1.165) is 0 Å². The fourth-order valence-corrected chi connectivity index (χ4v) is 2.81. The molecule has 0 bridgehead atoms. The van der Waals surface area contributed by atoms with E-state index in [1.165, 1.54) is 55.6 Å². The van der Waals surface area contributed by atoms with Crippen molar-refractivity contribution in [1.82, 2.24) is 0 Å². The van der Waals surface area contributed by atoms with Gasteiger partial charge < -0.3 is 0 Å². The number of rotatable bonds is 0. The molecule has 126 valence electrons. The van der Waals surface area contributed by atoms with Gasteiger partial charge in [0.15, 0.2) is 0 Å². The molecular formula is C20H30ClRh. The van der Waals surface area contributed by atoms with Crippen LogP contribution in [0.5, 0.6) is 0 Å². The first-order valence-electron chi connectivity index (χ1n) is 7.63. The third-order valence-corrected chi connectivity index (χ3v) is 5.62. The number of halogens is 1. The van der Waals surface area contributed by atoms with Crippen LogP contribution in [0.4, 0.5) is 0 Å². The Balaban J connectivity index is 0.000000360. The molecule has 0 fully saturated rings. The van der Waals surface area contributed by atoms with Crippen LogP contribution < -0.4 is 0 Å². The van der Waals surface area contributed by atoms with Crippen LogP contribution in [0, 0.1) is 69.2 Å². The molecule has 0 saturated heterocycles. The van der Waals surface area contributed by atoms with Crippen LogP contribution in [-0.2, 0) is 17.3 Å². The minimum atomic E-state index is 1.47. The number of hydrogen-bond donors (Lipinski definition) is 0. The summed E-state index contributed by atoms with van der Waals surface area (Å²) in [5, 5.41) is 0. The Labute approximate surface area is 151 Å². The monoisotopic (exact) mass is 408 g/mol. The van der Waals surface area contributed by atoms with E-state index in [9.17, 15) is 0 Å². The van der Waals surface area contributed by atoms with Crippen molar-refractivity contribution in [3.8, 4) is 0 Å². The van der Waals surface area contributed by atoms with E-state index in [0.29, 0.717) is 0 Å². The first-order valence-corrected chi connectivity index (χ1v) is 9.74. The SMILES string of the molecule is Cc1c(C)c(C)[c-](C)c1C.Cc1c(C)c(C)[c-](C)c1C.[Cl][Rh+2]. The molecule has 0 spiro atoms. The molecule has 0 aliphatic heterocycles. The summed E-state index contributed by atoms with van der Waals surface area (Å²) in [6, 6.07) is 0. The fraction of sp³-hybridized carbons (Fsp3) is 0.500. The Morgan fingerprint density at radius 1 is 0.500 bits per heavy atom. The molecule has 0 atom stereocenters. The minimum absolute atomic E-state index is 1.47. The van der Waals surface area contributed by atoms with Crippen LogP contribution in [0.25, 0.3) is 0 Å². The van der Waals surface area contributed by atoms with E-state index in [1.54, 1.807) is 0 Å². The van der Waals surface area contributed by atoms with Gasteiger partial charge in [0.2, 0.25) is 0 Å². The van der Waals surface area contributed by atoms with E-state index in [2.05, 4.69) is 78.9 Å². The number of hydrogen-bond acceptors (Lipinski definition) is 0. The topological polar surface area (TPSA) is 0 Å². The first-order chi connectivity index (χ1) is 10.1. The van der Waals surface area contributed by atoms with Crippen molar-refractivity contribution >= 4 is 9.69 Å². The summed E-state index contributed by atoms with van der Waals surface area (Å²) < 4.78 is 0. The summed E-state index contributed by atoms with van der Waals surface area (Å²) in [4.78, 5) is 0. The Kier molecular flexibility index (Phi) is 8.88. The van der Waals surface area contributed by atoms with Gasteiger partial charge in [0.25, 0.3) is 0 Å². The summed E-state index contributed by atoms with van der Waals surface area (Å²) in [5.41, 5.74) is 14.7. The van der Waals surface area contributed by atoms with Gasteiger partial charge in [0.05, 0.1) is 0 Å². The molecule has 0 nitrogen and oxygen atoms in total. The van der Waals surface area contributed by atoms with Gasteiger partial charge in [-0.3, -0.25) is 0 Å². The molecule has 0 amide bonds. The van der Waals surface area contributed by atoms with E-state index in [1.807, 2.05) is 17.3 Å². The summed E-state index contributed by atoms with van der Waals surface area (Å²) in [6.45, 7) is 22.0. The fourth-order valence-electron chi connectivity index (χ4n) is 2.81. The molecule has 22 heavy (non-hydrogen) atoms. The van der Waals surface area contributed by atoms with Crippen LogP contribution in [0.1, 0.15) is 55.6 Å². The van der Waals surface area contributed by atoms with Crippen LogP contribution in [0.15, 0.2) is 0 Å². The second-order valence-electron chi connectivity index (χ2n) is 6.25. The maximum atomic E-state index is 4.53. The van der Waals surface area contributed by atoms with Crippen molar-refractivity contribution in [3.63, 3.8) is 0 Å². The third kappa shape index (κ3) is 4.33. The molecule has 2 heteroatoms. The zero-order valence-corrected chi connectivity index (χ0v) is 18.1. The van der Waals surface area contributed by atoms with Gasteiger partial charge in [-0.25, -0.2) is 0 Å². The quantitative estimate of drug-likeness (QED) is 0.341. The average Bonchev–Trinajstić information content (AvgIpc) is 2.81. The molecule has 0 unspecified atom stereocenters. The molecular weight excluding hydrogens is 379 g/mol. The van der Waals surface area contributed by atoms with Gasteiger partial charge in [0, 0.05) is 0 Å². The second kappa shape index (κ2) is 9.04. The van der Waals surface area contributed by atoms with Crippen LogP contribution in [-0.4, -0.2) is 0 Å². The molecule has 2 aromatic carbocycles. The predicted molar refractivity (Wildman–Crippen MR) is 97.3 cm³/mol. The summed E-state index contributed by atoms with van der Waals surface area (Å²) in [5.74, 6) is 0. The van der Waals surface area contributed by atoms with Crippen LogP contribution in [0.3, 0.4) is 0 Å². The second-order valence-corrected chi connectivity index (χ2v) is 6.25. The summed E-state index contributed by atoms with van der Waals surface area (Å²) >= 11 is 2.02. The summed E-state index contributed by atoms with van der Waals surface area (Å²) in [6.07, 6.45) is 0. The van der Waals surface area contributed by atoms with Gasteiger partial charge in [-0.1, -0.05) is 69.2 Å². The summed E-state index contributed by atoms with van der Waals surface area (Å²) in [7, 11) is 4.53. The normalized spacial score (nSPS) is 9.82. The van der Waals surface area contributed by atoms with Gasteiger partial charge in [-0.15, -0.1) is 0 Å². The Bertz CT molecular complexity index is 410. The van der Waals surface area contributed by atoms with E-state index < -0.39 is 0 Å². The molecule has 0 aromatic heterocycles. The van der Waals surface area contributed by atoms with Crippen molar-refractivity contribution in [2.24, 2.45) is 0 Å². The molecule has 0 radical (unpaired) electrons. The van der Waals surface area contributed by atoms with Crippen LogP contribution >= 0.6 is 9.69 Å². The van der Waals surface area contributed by atoms with E-state index >= 15 is 0 Å². The molecule has 0 heterocycles. The van der Waals surface area contributed by atoms with Crippen molar-refractivity contribution in [2.75, 3.05) is 0 Å². The maximum absolute atomic E-state index is 4.53. The van der Waals surface area contributed by atoms with Gasteiger partial charge in [-0.05, 0) is 0 Å². The predicted octanol–water partition coefficient (Wildman–Crippen LogP) is 6.58. The Morgan fingerprint density at radius 2 is 0.636 bits per heavy atom. The van der Waals surface area contributed by atoms with E-state index in [-0.39, 0.29) is 0 Å². The van der Waals surface area contributed by atoms with Crippen molar-refractivity contribution in [1.29, 1.82) is 0 Å². The van der Waals surface area contributed by atoms with Crippen LogP contribution in [0.2, 0.25) is 0 Å². The van der Waals surface area contributed by atoms with Gasteiger partial charge in [0.1, 0.15) is 0 Å². The molecule has 0 saturated carbocycles. The van der Waals surface area contributed by atoms with Gasteiger partial charge in [-0.2, -0.15) is 55.6 Å². The molecule has 0 aliphatic carbocycles. The zero-order chi connectivity index (χ0) is 17.8. The average molecular weight is 409 g/mol. The Hall–Kier alpha value is -0.387. The third-order valence-electron chi connectivity index (χ3n) is 5.62. The standard InChI is InChI=1S/2C10H15.ClH.Rh/c2*1-6-7(2)9(4)10(5)8(6)3;;/h2*1-5H3;1H;/q2*-1;;+3/p-1. The van der Waals surface area contributed by atoms with Crippen molar-refractivity contribution < 1.29 is 17.3 Å². The van der Waals surface area contributed by atoms with Crippen molar-refractivity contribution in [2.45, 2.75) is 69.2 Å². The van der Waals surface area contributed by atoms with E-state index in [4.69, 9.17) is 0 Å². The Morgan fingerprint density at radius 3 is 0.682 bits per heavy atom. The molecule has 2 rings (SSSR count). The molecule has 2 aromatic rings. The zero-order valence-electron chi connectivity index (χ0n) is 15.7. The van der Waals surface area contributed by atoms with Crippen molar-refractivity contribution in [3.05, 3.63) is 55.6 Å².